The summed E-state index contributed by atoms with van der Waals surface area (Å²) in [6.07, 6.45) is -0.709. The lowest BCUT2D eigenvalue weighted by molar-refractivity contribution is -0.121. The summed E-state index contributed by atoms with van der Waals surface area (Å²) >= 11 is 0. The summed E-state index contributed by atoms with van der Waals surface area (Å²) in [7, 11) is 1.59. The number of benzene rings is 2. The fourth-order valence-corrected chi connectivity index (χ4v) is 2.49. The van der Waals surface area contributed by atoms with Gasteiger partial charge in [-0.2, -0.15) is 0 Å². The number of nitrogens with one attached hydrogen (secondary N) is 1. The molecule has 0 saturated carbocycles. The molecule has 2 unspecified atom stereocenters. The van der Waals surface area contributed by atoms with Crippen LogP contribution in [0.1, 0.15) is 29.7 Å². The monoisotopic (exact) mass is 331 g/mol. The summed E-state index contributed by atoms with van der Waals surface area (Å²) in [6, 6.07) is 10.7. The molecule has 0 bridgehead atoms. The average molecular weight is 331 g/mol. The quantitative estimate of drug-likeness (QED) is 0.856. The van der Waals surface area contributed by atoms with Gasteiger partial charge in [0.05, 0.1) is 25.7 Å². The van der Waals surface area contributed by atoms with Crippen LogP contribution in [0.3, 0.4) is 0 Å². The minimum absolute atomic E-state index is 0.192. The molecule has 0 heterocycles. The number of hydrogen-bond acceptors (Lipinski definition) is 3. The fraction of sp³-hybridized carbons (Fsp3) is 0.316. The average Bonchev–Trinajstić information content (AvgIpc) is 2.56. The Labute approximate surface area is 141 Å². The van der Waals surface area contributed by atoms with E-state index in [0.29, 0.717) is 5.56 Å². The number of aliphatic hydroxyl groups excluding tert-OH is 1. The van der Waals surface area contributed by atoms with E-state index in [-0.39, 0.29) is 18.1 Å². The molecule has 0 radical (unpaired) electrons. The first-order valence-corrected chi connectivity index (χ1v) is 7.77. The number of methoxy groups -OCH3 is 1. The molecule has 4 nitrogen and oxygen atoms in total. The maximum absolute atomic E-state index is 12.9. The highest BCUT2D eigenvalue weighted by molar-refractivity contribution is 5.79. The van der Waals surface area contributed by atoms with Gasteiger partial charge in [0.15, 0.2) is 0 Å². The molecule has 128 valence electrons. The molecule has 0 fully saturated rings. The summed E-state index contributed by atoms with van der Waals surface area (Å²) in [4.78, 5) is 12.2. The van der Waals surface area contributed by atoms with E-state index in [1.807, 2.05) is 25.1 Å². The zero-order valence-corrected chi connectivity index (χ0v) is 14.0. The predicted octanol–water partition coefficient (Wildman–Crippen LogP) is 2.92. The minimum Gasteiger partial charge on any atom is -0.496 e. The van der Waals surface area contributed by atoms with Crippen molar-refractivity contribution >= 4 is 5.91 Å². The Morgan fingerprint density at radius 2 is 1.92 bits per heavy atom. The molecule has 2 aromatic carbocycles. The fourth-order valence-electron chi connectivity index (χ4n) is 2.49. The molecule has 0 saturated heterocycles. The van der Waals surface area contributed by atoms with Crippen molar-refractivity contribution < 1.29 is 19.0 Å². The topological polar surface area (TPSA) is 58.6 Å². The number of amides is 1. The van der Waals surface area contributed by atoms with Gasteiger partial charge in [0.25, 0.3) is 0 Å². The van der Waals surface area contributed by atoms with Crippen molar-refractivity contribution in [1.82, 2.24) is 5.32 Å². The third kappa shape index (κ3) is 4.55. The van der Waals surface area contributed by atoms with Gasteiger partial charge in [0, 0.05) is 0 Å². The molecule has 0 aromatic heterocycles. The first kappa shape index (κ1) is 17.9. The Morgan fingerprint density at radius 1 is 1.25 bits per heavy atom. The number of carbonyl (C=O) groups is 1. The predicted molar refractivity (Wildman–Crippen MR) is 90.4 cm³/mol. The van der Waals surface area contributed by atoms with Gasteiger partial charge in [0.2, 0.25) is 5.91 Å². The molecule has 2 aromatic rings. The van der Waals surface area contributed by atoms with Crippen LogP contribution in [-0.2, 0) is 11.2 Å². The molecular formula is C19H22FNO3. The van der Waals surface area contributed by atoms with E-state index in [1.165, 1.54) is 24.3 Å². The Morgan fingerprint density at radius 3 is 2.54 bits per heavy atom. The molecule has 2 atom stereocenters. The van der Waals surface area contributed by atoms with Crippen molar-refractivity contribution in [2.45, 2.75) is 32.4 Å². The molecule has 24 heavy (non-hydrogen) atoms. The van der Waals surface area contributed by atoms with E-state index in [1.54, 1.807) is 14.0 Å². The van der Waals surface area contributed by atoms with Crippen LogP contribution in [-0.4, -0.2) is 24.2 Å². The van der Waals surface area contributed by atoms with Crippen LogP contribution in [0.25, 0.3) is 0 Å². The number of aryl methyl sites for hydroxylation is 1. The Hall–Kier alpha value is -2.40. The van der Waals surface area contributed by atoms with E-state index < -0.39 is 12.1 Å². The van der Waals surface area contributed by atoms with E-state index >= 15 is 0 Å². The van der Waals surface area contributed by atoms with E-state index in [0.717, 1.165) is 16.9 Å². The Bertz CT molecular complexity index is 700. The summed E-state index contributed by atoms with van der Waals surface area (Å²) < 4.78 is 18.2. The van der Waals surface area contributed by atoms with E-state index in [4.69, 9.17) is 4.74 Å². The van der Waals surface area contributed by atoms with Crippen molar-refractivity contribution in [3.8, 4) is 5.75 Å². The van der Waals surface area contributed by atoms with Gasteiger partial charge in [-0.1, -0.05) is 24.3 Å². The number of rotatable bonds is 6. The maximum Gasteiger partial charge on any atom is 0.224 e. The van der Waals surface area contributed by atoms with Crippen LogP contribution in [0.4, 0.5) is 4.39 Å². The summed E-state index contributed by atoms with van der Waals surface area (Å²) in [5, 5.41) is 13.0. The van der Waals surface area contributed by atoms with Gasteiger partial charge in [-0.05, 0) is 48.7 Å². The summed E-state index contributed by atoms with van der Waals surface area (Å²) in [5.41, 5.74) is 2.39. The number of ether oxygens (including phenoxy) is 1. The van der Waals surface area contributed by atoms with Crippen LogP contribution < -0.4 is 10.1 Å². The van der Waals surface area contributed by atoms with Crippen molar-refractivity contribution in [3.63, 3.8) is 0 Å². The molecule has 2 rings (SSSR count). The van der Waals surface area contributed by atoms with Crippen LogP contribution in [0.15, 0.2) is 42.5 Å². The van der Waals surface area contributed by atoms with Crippen molar-refractivity contribution in [2.24, 2.45) is 0 Å². The van der Waals surface area contributed by atoms with Gasteiger partial charge in [-0.25, -0.2) is 4.39 Å². The zero-order valence-electron chi connectivity index (χ0n) is 14.0. The summed E-state index contributed by atoms with van der Waals surface area (Å²) in [6.45, 7) is 3.64. The highest BCUT2D eigenvalue weighted by Crippen LogP contribution is 2.20. The second-order valence-corrected chi connectivity index (χ2v) is 5.83. The van der Waals surface area contributed by atoms with Crippen LogP contribution in [0.5, 0.6) is 5.75 Å². The Kier molecular flexibility index (Phi) is 5.93. The van der Waals surface area contributed by atoms with Gasteiger partial charge < -0.3 is 15.2 Å². The molecule has 1 amide bonds. The highest BCUT2D eigenvalue weighted by atomic mass is 19.1. The third-order valence-electron chi connectivity index (χ3n) is 3.91. The number of aliphatic hydroxyl groups is 1. The van der Waals surface area contributed by atoms with Gasteiger partial charge in [-0.3, -0.25) is 4.79 Å². The normalized spacial score (nSPS) is 13.2. The van der Waals surface area contributed by atoms with Gasteiger partial charge >= 0.3 is 0 Å². The molecule has 0 aliphatic rings. The first-order valence-electron chi connectivity index (χ1n) is 7.77. The van der Waals surface area contributed by atoms with Crippen LogP contribution >= 0.6 is 0 Å². The molecule has 2 N–H and O–H groups in total. The standard InChI is InChI=1S/C19H22FNO3/c1-12-4-5-14(10-17(12)24-3)11-18(22)21-13(2)19(23)15-6-8-16(20)9-7-15/h4-10,13,19,23H,11H2,1-3H3,(H,21,22). The molecule has 0 spiro atoms. The minimum atomic E-state index is -0.901. The van der Waals surface area contributed by atoms with Crippen molar-refractivity contribution in [3.05, 3.63) is 65.0 Å². The van der Waals surface area contributed by atoms with Crippen molar-refractivity contribution in [2.75, 3.05) is 7.11 Å². The number of carbonyl (C=O) groups excluding carboxylic acids is 1. The summed E-state index contributed by atoms with van der Waals surface area (Å²) in [5.74, 6) is 0.172. The SMILES string of the molecule is COc1cc(CC(=O)NC(C)C(O)c2ccc(F)cc2)ccc1C. The van der Waals surface area contributed by atoms with Crippen LogP contribution in [0, 0.1) is 12.7 Å². The second-order valence-electron chi connectivity index (χ2n) is 5.83. The first-order chi connectivity index (χ1) is 11.4. The number of hydrogen-bond donors (Lipinski definition) is 2. The lowest BCUT2D eigenvalue weighted by Gasteiger charge is -2.21. The molecular weight excluding hydrogens is 309 g/mol. The maximum atomic E-state index is 12.9. The number of halogens is 1. The van der Waals surface area contributed by atoms with E-state index in [9.17, 15) is 14.3 Å². The van der Waals surface area contributed by atoms with Gasteiger partial charge in [0.1, 0.15) is 11.6 Å². The lowest BCUT2D eigenvalue weighted by Crippen LogP contribution is -2.37. The second kappa shape index (κ2) is 7.93. The van der Waals surface area contributed by atoms with Crippen LogP contribution in [0.2, 0.25) is 0 Å². The molecule has 0 aliphatic carbocycles. The molecule has 0 aliphatic heterocycles. The van der Waals surface area contributed by atoms with Gasteiger partial charge in [-0.15, -0.1) is 0 Å². The zero-order chi connectivity index (χ0) is 17.7. The smallest absolute Gasteiger partial charge is 0.224 e. The van der Waals surface area contributed by atoms with Crippen molar-refractivity contribution in [1.29, 1.82) is 0 Å². The third-order valence-corrected chi connectivity index (χ3v) is 3.91. The largest absolute Gasteiger partial charge is 0.496 e. The highest BCUT2D eigenvalue weighted by Gasteiger charge is 2.18. The molecule has 5 heteroatoms. The van der Waals surface area contributed by atoms with E-state index in [2.05, 4.69) is 5.32 Å². The lowest BCUT2D eigenvalue weighted by atomic mass is 10.0. The Balaban J connectivity index is 1.97.